The predicted octanol–water partition coefficient (Wildman–Crippen LogP) is 3.53. The molecule has 0 radical (unpaired) electrons. The van der Waals surface area contributed by atoms with E-state index < -0.39 is 0 Å². The summed E-state index contributed by atoms with van der Waals surface area (Å²) in [6.07, 6.45) is 0. The number of carbonyl (C=O) groups excluding carboxylic acids is 1. The summed E-state index contributed by atoms with van der Waals surface area (Å²) in [7, 11) is 0. The van der Waals surface area contributed by atoms with Crippen LogP contribution in [0.25, 0.3) is 0 Å². The zero-order valence-electron chi connectivity index (χ0n) is 13.8. The van der Waals surface area contributed by atoms with Gasteiger partial charge in [0, 0.05) is 0 Å². The molecule has 4 nitrogen and oxygen atoms in total. The highest BCUT2D eigenvalue weighted by Crippen LogP contribution is 2.32. The number of fused-ring (bicyclic) bond motifs is 1. The number of nitrogens with one attached hydrogen (secondary N) is 1. The minimum Gasteiger partial charge on any atom is -0.492 e. The van der Waals surface area contributed by atoms with Crippen LogP contribution in [0.15, 0.2) is 42.5 Å². The molecule has 0 saturated heterocycles. The third-order valence-electron chi connectivity index (χ3n) is 4.02. The van der Waals surface area contributed by atoms with Crippen molar-refractivity contribution in [2.24, 2.45) is 0 Å². The molecule has 1 N–H and O–H groups in total. The van der Waals surface area contributed by atoms with Gasteiger partial charge < -0.3 is 15.0 Å². The molecule has 120 valence electrons. The standard InChI is InChI=1S/C19H22N2O2/c1-13-5-4-6-16(11-13)23-10-9-21-18-8-7-14(2)12-17(18)20-15(3)19(21)22/h4-8,11-12,15,20H,9-10H2,1-3H3. The van der Waals surface area contributed by atoms with E-state index in [1.807, 2.05) is 62.1 Å². The second-order valence-corrected chi connectivity index (χ2v) is 6.04. The number of benzene rings is 2. The van der Waals surface area contributed by atoms with Gasteiger partial charge in [-0.25, -0.2) is 0 Å². The van der Waals surface area contributed by atoms with E-state index in [9.17, 15) is 4.79 Å². The van der Waals surface area contributed by atoms with Crippen LogP contribution in [0, 0.1) is 13.8 Å². The van der Waals surface area contributed by atoms with Gasteiger partial charge in [-0.1, -0.05) is 18.2 Å². The molecule has 0 spiro atoms. The van der Waals surface area contributed by atoms with Crippen molar-refractivity contribution < 1.29 is 9.53 Å². The molecule has 2 aromatic rings. The van der Waals surface area contributed by atoms with Crippen molar-refractivity contribution in [1.29, 1.82) is 0 Å². The minimum atomic E-state index is -0.219. The maximum absolute atomic E-state index is 12.5. The molecule has 23 heavy (non-hydrogen) atoms. The van der Waals surface area contributed by atoms with Crippen molar-refractivity contribution >= 4 is 17.3 Å². The van der Waals surface area contributed by atoms with E-state index in [1.54, 1.807) is 0 Å². The summed E-state index contributed by atoms with van der Waals surface area (Å²) in [6, 6.07) is 13.8. The van der Waals surface area contributed by atoms with Gasteiger partial charge >= 0.3 is 0 Å². The Kier molecular flexibility index (Phi) is 4.24. The monoisotopic (exact) mass is 310 g/mol. The fourth-order valence-corrected chi connectivity index (χ4v) is 2.84. The maximum Gasteiger partial charge on any atom is 0.249 e. The van der Waals surface area contributed by atoms with Crippen LogP contribution >= 0.6 is 0 Å². The van der Waals surface area contributed by atoms with E-state index in [0.29, 0.717) is 13.2 Å². The third kappa shape index (κ3) is 3.31. The summed E-state index contributed by atoms with van der Waals surface area (Å²) in [5.41, 5.74) is 4.27. The molecule has 1 aliphatic heterocycles. The number of hydrogen-bond acceptors (Lipinski definition) is 3. The lowest BCUT2D eigenvalue weighted by Crippen LogP contribution is -2.47. The highest BCUT2D eigenvalue weighted by atomic mass is 16.5. The lowest BCUT2D eigenvalue weighted by Gasteiger charge is -2.34. The number of hydrogen-bond donors (Lipinski definition) is 1. The molecule has 1 heterocycles. The number of rotatable bonds is 4. The van der Waals surface area contributed by atoms with Gasteiger partial charge in [0.15, 0.2) is 0 Å². The molecular weight excluding hydrogens is 288 g/mol. The van der Waals surface area contributed by atoms with Crippen molar-refractivity contribution in [3.05, 3.63) is 53.6 Å². The van der Waals surface area contributed by atoms with Crippen molar-refractivity contribution in [3.8, 4) is 5.75 Å². The largest absolute Gasteiger partial charge is 0.492 e. The third-order valence-corrected chi connectivity index (χ3v) is 4.02. The topological polar surface area (TPSA) is 41.6 Å². The quantitative estimate of drug-likeness (QED) is 0.939. The number of amides is 1. The number of ether oxygens (including phenoxy) is 1. The van der Waals surface area contributed by atoms with Gasteiger partial charge in [-0.2, -0.15) is 0 Å². The summed E-state index contributed by atoms with van der Waals surface area (Å²) < 4.78 is 5.80. The Labute approximate surface area is 137 Å². The molecule has 1 unspecified atom stereocenters. The average molecular weight is 310 g/mol. The minimum absolute atomic E-state index is 0.0780. The molecule has 0 fully saturated rings. The van der Waals surface area contributed by atoms with E-state index >= 15 is 0 Å². The first-order valence-electron chi connectivity index (χ1n) is 7.92. The average Bonchev–Trinajstić information content (AvgIpc) is 2.51. The maximum atomic E-state index is 12.5. The molecule has 1 aliphatic rings. The summed E-state index contributed by atoms with van der Waals surface area (Å²) in [4.78, 5) is 14.3. The predicted molar refractivity (Wildman–Crippen MR) is 93.3 cm³/mol. The number of nitrogens with zero attached hydrogens (tertiary/aromatic N) is 1. The molecule has 0 saturated carbocycles. The molecule has 4 heteroatoms. The number of aryl methyl sites for hydroxylation is 2. The van der Waals surface area contributed by atoms with Gasteiger partial charge in [0.05, 0.1) is 17.9 Å². The van der Waals surface area contributed by atoms with E-state index in [1.165, 1.54) is 5.56 Å². The second kappa shape index (κ2) is 6.32. The molecular formula is C19H22N2O2. The summed E-state index contributed by atoms with van der Waals surface area (Å²) in [5.74, 6) is 0.916. The van der Waals surface area contributed by atoms with Crippen LogP contribution in [-0.2, 0) is 4.79 Å². The first-order valence-corrected chi connectivity index (χ1v) is 7.92. The lowest BCUT2D eigenvalue weighted by atomic mass is 10.1. The SMILES string of the molecule is Cc1cccc(OCCN2C(=O)C(C)Nc3cc(C)ccc32)c1. The fraction of sp³-hybridized carbons (Fsp3) is 0.316. The van der Waals surface area contributed by atoms with Gasteiger partial charge in [0.1, 0.15) is 18.4 Å². The van der Waals surface area contributed by atoms with Gasteiger partial charge in [0.2, 0.25) is 5.91 Å². The molecule has 0 aromatic heterocycles. The van der Waals surface area contributed by atoms with Crippen molar-refractivity contribution in [1.82, 2.24) is 0 Å². The smallest absolute Gasteiger partial charge is 0.249 e. The van der Waals surface area contributed by atoms with Crippen LogP contribution in [0.4, 0.5) is 11.4 Å². The normalized spacial score (nSPS) is 16.7. The van der Waals surface area contributed by atoms with E-state index in [2.05, 4.69) is 11.4 Å². The van der Waals surface area contributed by atoms with Crippen LogP contribution in [0.5, 0.6) is 5.75 Å². The Bertz CT molecular complexity index is 727. The Morgan fingerprint density at radius 2 is 1.91 bits per heavy atom. The summed E-state index contributed by atoms with van der Waals surface area (Å²) >= 11 is 0. The molecule has 1 atom stereocenters. The van der Waals surface area contributed by atoms with E-state index in [-0.39, 0.29) is 11.9 Å². The summed E-state index contributed by atoms with van der Waals surface area (Å²) in [6.45, 7) is 6.98. The molecule has 2 aromatic carbocycles. The molecule has 0 bridgehead atoms. The van der Waals surface area contributed by atoms with Crippen LogP contribution in [0.3, 0.4) is 0 Å². The molecule has 1 amide bonds. The van der Waals surface area contributed by atoms with Gasteiger partial charge in [0.25, 0.3) is 0 Å². The Balaban J connectivity index is 1.73. The second-order valence-electron chi connectivity index (χ2n) is 6.04. The Morgan fingerprint density at radius 1 is 1.13 bits per heavy atom. The van der Waals surface area contributed by atoms with E-state index in [0.717, 1.165) is 22.7 Å². The first kappa shape index (κ1) is 15.4. The highest BCUT2D eigenvalue weighted by Gasteiger charge is 2.29. The fourth-order valence-electron chi connectivity index (χ4n) is 2.84. The molecule has 3 rings (SSSR count). The van der Waals surface area contributed by atoms with Crippen molar-refractivity contribution in [2.45, 2.75) is 26.8 Å². The zero-order chi connectivity index (χ0) is 16.4. The Hall–Kier alpha value is -2.49. The zero-order valence-corrected chi connectivity index (χ0v) is 13.8. The van der Waals surface area contributed by atoms with E-state index in [4.69, 9.17) is 4.74 Å². The highest BCUT2D eigenvalue weighted by molar-refractivity contribution is 6.04. The number of anilines is 2. The van der Waals surface area contributed by atoms with Gasteiger partial charge in [-0.3, -0.25) is 4.79 Å². The van der Waals surface area contributed by atoms with Crippen LogP contribution < -0.4 is 15.0 Å². The van der Waals surface area contributed by atoms with Crippen LogP contribution in [0.1, 0.15) is 18.1 Å². The first-order chi connectivity index (χ1) is 11.0. The van der Waals surface area contributed by atoms with Crippen molar-refractivity contribution in [3.63, 3.8) is 0 Å². The van der Waals surface area contributed by atoms with Crippen molar-refractivity contribution in [2.75, 3.05) is 23.4 Å². The van der Waals surface area contributed by atoms with Crippen LogP contribution in [0.2, 0.25) is 0 Å². The van der Waals surface area contributed by atoms with Crippen LogP contribution in [-0.4, -0.2) is 25.1 Å². The Morgan fingerprint density at radius 3 is 2.70 bits per heavy atom. The molecule has 0 aliphatic carbocycles. The van der Waals surface area contributed by atoms with Gasteiger partial charge in [-0.15, -0.1) is 0 Å². The lowest BCUT2D eigenvalue weighted by molar-refractivity contribution is -0.119. The van der Waals surface area contributed by atoms with Gasteiger partial charge in [-0.05, 0) is 56.2 Å². The summed E-state index contributed by atoms with van der Waals surface area (Å²) in [5, 5.41) is 3.26. The number of carbonyl (C=O) groups is 1.